The highest BCUT2D eigenvalue weighted by Gasteiger charge is 2.16. The summed E-state index contributed by atoms with van der Waals surface area (Å²) in [5, 5.41) is 7.08. The van der Waals surface area contributed by atoms with E-state index in [1.807, 2.05) is 17.0 Å². The number of hydrogen-bond acceptors (Lipinski definition) is 3. The number of halogens is 1. The zero-order valence-corrected chi connectivity index (χ0v) is 19.9. The Balaban J connectivity index is 0.00000300. The van der Waals surface area contributed by atoms with Crippen molar-refractivity contribution in [3.63, 3.8) is 0 Å². The Hall–Kier alpha value is -1.25. The second-order valence-corrected chi connectivity index (χ2v) is 8.01. The Labute approximate surface area is 192 Å². The summed E-state index contributed by atoms with van der Waals surface area (Å²) < 4.78 is 5.41. The predicted octanol–water partition coefficient (Wildman–Crippen LogP) is 4.10. The number of furan rings is 1. The second-order valence-electron chi connectivity index (χ2n) is 8.01. The van der Waals surface area contributed by atoms with Gasteiger partial charge >= 0.3 is 0 Å². The van der Waals surface area contributed by atoms with Crippen molar-refractivity contribution in [2.75, 3.05) is 26.2 Å². The average molecular weight is 516 g/mol. The Kier molecular flexibility index (Phi) is 11.5. The summed E-state index contributed by atoms with van der Waals surface area (Å²) in [7, 11) is 0. The Morgan fingerprint density at radius 1 is 1.17 bits per heavy atom. The molecule has 2 fully saturated rings. The van der Waals surface area contributed by atoms with E-state index in [4.69, 9.17) is 9.41 Å². The number of aliphatic imine (C=N–C) groups is 1. The molecule has 6 nitrogen and oxygen atoms in total. The van der Waals surface area contributed by atoms with Crippen LogP contribution in [0.4, 0.5) is 0 Å². The number of rotatable bonds is 8. The van der Waals surface area contributed by atoms with Crippen LogP contribution in [0, 0.1) is 0 Å². The summed E-state index contributed by atoms with van der Waals surface area (Å²) in [4.78, 5) is 18.9. The first-order valence-electron chi connectivity index (χ1n) is 11.2. The molecule has 0 unspecified atom stereocenters. The fourth-order valence-corrected chi connectivity index (χ4v) is 4.08. The van der Waals surface area contributed by atoms with Crippen molar-refractivity contribution in [3.05, 3.63) is 24.2 Å². The van der Waals surface area contributed by atoms with Crippen LogP contribution < -0.4 is 10.6 Å². The minimum atomic E-state index is 0. The lowest BCUT2D eigenvalue weighted by Gasteiger charge is -2.25. The van der Waals surface area contributed by atoms with Crippen molar-refractivity contribution in [1.82, 2.24) is 15.5 Å². The number of guanidine groups is 1. The van der Waals surface area contributed by atoms with Crippen LogP contribution in [0.15, 0.2) is 27.8 Å². The molecule has 7 heteroatoms. The van der Waals surface area contributed by atoms with Crippen LogP contribution in [0.5, 0.6) is 0 Å². The monoisotopic (exact) mass is 516 g/mol. The van der Waals surface area contributed by atoms with Crippen LogP contribution in [0.1, 0.15) is 70.0 Å². The molecule has 2 aliphatic rings. The molecule has 29 heavy (non-hydrogen) atoms. The van der Waals surface area contributed by atoms with Gasteiger partial charge in [-0.25, -0.2) is 0 Å². The van der Waals surface area contributed by atoms with E-state index < -0.39 is 0 Å². The van der Waals surface area contributed by atoms with Gasteiger partial charge in [0.05, 0.1) is 6.26 Å². The number of likely N-dealkylation sites (tertiary alicyclic amines) is 1. The minimum absolute atomic E-state index is 0. The molecule has 0 aromatic carbocycles. The molecule has 1 aromatic heterocycles. The Morgan fingerprint density at radius 3 is 2.79 bits per heavy atom. The number of carbonyl (C=O) groups is 1. The number of hydrogen-bond donors (Lipinski definition) is 2. The van der Waals surface area contributed by atoms with Gasteiger partial charge < -0.3 is 20.0 Å². The summed E-state index contributed by atoms with van der Waals surface area (Å²) in [5.41, 5.74) is 0. The molecule has 1 amide bonds. The van der Waals surface area contributed by atoms with E-state index in [0.29, 0.717) is 18.4 Å². The van der Waals surface area contributed by atoms with Crippen molar-refractivity contribution < 1.29 is 9.21 Å². The molecule has 0 spiro atoms. The third kappa shape index (κ3) is 8.97. The molecule has 1 aliphatic heterocycles. The summed E-state index contributed by atoms with van der Waals surface area (Å²) in [6.45, 7) is 3.28. The molecular formula is C22H37IN4O2. The molecule has 0 bridgehead atoms. The molecular weight excluding hydrogens is 479 g/mol. The Bertz CT molecular complexity index is 600. The number of nitrogens with one attached hydrogen (secondary N) is 2. The summed E-state index contributed by atoms with van der Waals surface area (Å²) in [6.07, 6.45) is 13.9. The summed E-state index contributed by atoms with van der Waals surface area (Å²) in [6, 6.07) is 4.45. The third-order valence-corrected chi connectivity index (χ3v) is 5.72. The maximum absolute atomic E-state index is 12.1. The van der Waals surface area contributed by atoms with Gasteiger partial charge in [0.1, 0.15) is 5.76 Å². The first-order chi connectivity index (χ1) is 13.8. The molecule has 0 radical (unpaired) electrons. The highest BCUT2D eigenvalue weighted by molar-refractivity contribution is 14.0. The van der Waals surface area contributed by atoms with Crippen molar-refractivity contribution in [2.24, 2.45) is 4.99 Å². The van der Waals surface area contributed by atoms with Crippen LogP contribution >= 0.6 is 24.0 Å². The van der Waals surface area contributed by atoms with Gasteiger partial charge in [0, 0.05) is 45.1 Å². The van der Waals surface area contributed by atoms with Crippen LogP contribution in [-0.4, -0.2) is 49.0 Å². The van der Waals surface area contributed by atoms with Gasteiger partial charge in [-0.2, -0.15) is 0 Å². The predicted molar refractivity (Wildman–Crippen MR) is 128 cm³/mol. The van der Waals surface area contributed by atoms with Crippen molar-refractivity contribution >= 4 is 35.8 Å². The first-order valence-corrected chi connectivity index (χ1v) is 11.2. The zero-order valence-electron chi connectivity index (χ0n) is 17.5. The molecule has 1 saturated heterocycles. The summed E-state index contributed by atoms with van der Waals surface area (Å²) >= 11 is 0. The van der Waals surface area contributed by atoms with Gasteiger partial charge in [0.25, 0.3) is 0 Å². The van der Waals surface area contributed by atoms with E-state index in [0.717, 1.165) is 63.6 Å². The smallest absolute Gasteiger partial charge is 0.222 e. The number of carbonyl (C=O) groups excluding carboxylic acids is 1. The third-order valence-electron chi connectivity index (χ3n) is 5.72. The lowest BCUT2D eigenvalue weighted by Crippen LogP contribution is -2.45. The van der Waals surface area contributed by atoms with E-state index in [-0.39, 0.29) is 24.0 Å². The molecule has 1 saturated carbocycles. The topological polar surface area (TPSA) is 69.9 Å². The maximum Gasteiger partial charge on any atom is 0.222 e. The molecule has 2 N–H and O–H groups in total. The minimum Gasteiger partial charge on any atom is -0.469 e. The van der Waals surface area contributed by atoms with Gasteiger partial charge in [-0.3, -0.25) is 9.79 Å². The van der Waals surface area contributed by atoms with Crippen LogP contribution in [0.3, 0.4) is 0 Å². The lowest BCUT2D eigenvalue weighted by atomic mass is 9.96. The summed E-state index contributed by atoms with van der Waals surface area (Å²) in [5.74, 6) is 2.21. The average Bonchev–Trinajstić information content (AvgIpc) is 3.14. The van der Waals surface area contributed by atoms with Crippen LogP contribution in [-0.2, 0) is 11.2 Å². The Morgan fingerprint density at radius 2 is 2.00 bits per heavy atom. The fraction of sp³-hybridized carbons (Fsp3) is 0.727. The van der Waals surface area contributed by atoms with Crippen molar-refractivity contribution in [3.8, 4) is 0 Å². The largest absolute Gasteiger partial charge is 0.469 e. The maximum atomic E-state index is 12.1. The fourth-order valence-electron chi connectivity index (χ4n) is 4.08. The molecule has 0 atom stereocenters. The number of amides is 1. The van der Waals surface area contributed by atoms with Gasteiger partial charge in [-0.1, -0.05) is 25.7 Å². The first kappa shape index (κ1) is 24.0. The molecule has 164 valence electrons. The van der Waals surface area contributed by atoms with Crippen molar-refractivity contribution in [2.45, 2.75) is 76.7 Å². The number of nitrogens with zero attached hydrogens (tertiary/aromatic N) is 2. The SMILES string of the molecule is I.O=C1CCCCCN1CCCN=C(NCCc1ccco1)NC1CCCCC1. The quantitative estimate of drug-likeness (QED) is 0.236. The van der Waals surface area contributed by atoms with E-state index >= 15 is 0 Å². The molecule has 1 aromatic rings. The van der Waals surface area contributed by atoms with E-state index in [1.54, 1.807) is 6.26 Å². The standard InChI is InChI=1S/C22H36N4O2.HI/c27-21-12-5-2-6-16-26(21)17-8-14-23-22(25-19-9-3-1-4-10-19)24-15-13-20-11-7-18-28-20;/h7,11,18-19H,1-6,8-10,12-17H2,(H2,23,24,25);1H. The van der Waals surface area contributed by atoms with Crippen LogP contribution in [0.2, 0.25) is 0 Å². The normalized spacial score (nSPS) is 18.8. The van der Waals surface area contributed by atoms with E-state index in [9.17, 15) is 4.79 Å². The van der Waals surface area contributed by atoms with Gasteiger partial charge in [-0.15, -0.1) is 24.0 Å². The molecule has 1 aliphatic carbocycles. The molecule has 3 rings (SSSR count). The van der Waals surface area contributed by atoms with Crippen molar-refractivity contribution in [1.29, 1.82) is 0 Å². The van der Waals surface area contributed by atoms with Gasteiger partial charge in [-0.05, 0) is 44.2 Å². The van der Waals surface area contributed by atoms with E-state index in [2.05, 4.69) is 10.6 Å². The highest BCUT2D eigenvalue weighted by Crippen LogP contribution is 2.17. The van der Waals surface area contributed by atoms with Crippen LogP contribution in [0.25, 0.3) is 0 Å². The molecule has 2 heterocycles. The van der Waals surface area contributed by atoms with Gasteiger partial charge in [0.15, 0.2) is 5.96 Å². The zero-order chi connectivity index (χ0) is 19.4. The highest BCUT2D eigenvalue weighted by atomic mass is 127. The van der Waals surface area contributed by atoms with E-state index in [1.165, 1.54) is 38.5 Å². The second kappa shape index (κ2) is 13.9. The van der Waals surface area contributed by atoms with Gasteiger partial charge in [0.2, 0.25) is 5.91 Å². The lowest BCUT2D eigenvalue weighted by molar-refractivity contribution is -0.130.